The average Bonchev–Trinajstić information content (AvgIpc) is 2.67. The summed E-state index contributed by atoms with van der Waals surface area (Å²) in [6, 6.07) is 15.5. The molecule has 2 aromatic rings. The molecule has 5 heteroatoms. The second-order valence-electron chi connectivity index (χ2n) is 6.18. The molecule has 5 nitrogen and oxygen atoms in total. The lowest BCUT2D eigenvalue weighted by atomic mass is 9.77. The number of carbonyl (C=O) groups excluding carboxylic acids is 2. The molecule has 0 amide bonds. The molecule has 0 fully saturated rings. The largest absolute Gasteiger partial charge is 0.513 e. The second-order valence-corrected chi connectivity index (χ2v) is 6.18. The van der Waals surface area contributed by atoms with Crippen molar-refractivity contribution in [2.24, 2.45) is 0 Å². The van der Waals surface area contributed by atoms with Gasteiger partial charge in [0.1, 0.15) is 12.4 Å². The topological polar surface area (TPSA) is 61.8 Å². The number of ether oxygens (including phenoxy) is 3. The number of carbonyl (C=O) groups is 2. The molecule has 0 bridgehead atoms. The Morgan fingerprint density at radius 1 is 1.08 bits per heavy atom. The molecule has 0 radical (unpaired) electrons. The first-order valence-electron chi connectivity index (χ1n) is 8.12. The molecule has 0 unspecified atom stereocenters. The first-order chi connectivity index (χ1) is 12.4. The van der Waals surface area contributed by atoms with Crippen LogP contribution in [0.3, 0.4) is 0 Å². The molecule has 0 aromatic heterocycles. The van der Waals surface area contributed by atoms with E-state index < -0.39 is 12.1 Å². The van der Waals surface area contributed by atoms with Crippen LogP contribution in [0.2, 0.25) is 0 Å². The zero-order chi connectivity index (χ0) is 19.2. The van der Waals surface area contributed by atoms with E-state index in [0.717, 1.165) is 17.2 Å². The first kappa shape index (κ1) is 19.2. The van der Waals surface area contributed by atoms with Gasteiger partial charge in [0.2, 0.25) is 0 Å². The molecular weight excluding hydrogens is 332 g/mol. The van der Waals surface area contributed by atoms with Gasteiger partial charge < -0.3 is 14.2 Å². The molecule has 2 rings (SSSR count). The van der Waals surface area contributed by atoms with Gasteiger partial charge in [-0.2, -0.15) is 0 Å². The number of hydrogen-bond acceptors (Lipinski definition) is 5. The predicted molar refractivity (Wildman–Crippen MR) is 98.0 cm³/mol. The fourth-order valence-corrected chi connectivity index (χ4v) is 2.54. The third-order valence-electron chi connectivity index (χ3n) is 4.17. The van der Waals surface area contributed by atoms with Gasteiger partial charge in [-0.1, -0.05) is 56.8 Å². The van der Waals surface area contributed by atoms with Crippen LogP contribution in [-0.4, -0.2) is 19.2 Å². The summed E-state index contributed by atoms with van der Waals surface area (Å²) in [6.07, 6.45) is 0.245. The van der Waals surface area contributed by atoms with Crippen LogP contribution >= 0.6 is 0 Å². The van der Waals surface area contributed by atoms with Gasteiger partial charge in [-0.3, -0.25) is 0 Å². The summed E-state index contributed by atoms with van der Waals surface area (Å²) in [5.41, 5.74) is 2.40. The van der Waals surface area contributed by atoms with Crippen LogP contribution in [0.4, 0.5) is 4.79 Å². The molecule has 0 atom stereocenters. The minimum atomic E-state index is -0.837. The van der Waals surface area contributed by atoms with E-state index >= 15 is 0 Å². The van der Waals surface area contributed by atoms with Crippen LogP contribution in [-0.2, 0) is 26.3 Å². The summed E-state index contributed by atoms with van der Waals surface area (Å²) in [6.45, 7) is 7.52. The van der Waals surface area contributed by atoms with Crippen LogP contribution < -0.4 is 4.74 Å². The van der Waals surface area contributed by atoms with E-state index in [9.17, 15) is 9.59 Å². The number of esters is 1. The summed E-state index contributed by atoms with van der Waals surface area (Å²) in [7, 11) is 1.23. The average molecular weight is 354 g/mol. The van der Waals surface area contributed by atoms with E-state index in [1.54, 1.807) is 6.07 Å². The molecule has 26 heavy (non-hydrogen) atoms. The quantitative estimate of drug-likeness (QED) is 0.437. The Kier molecular flexibility index (Phi) is 6.17. The molecule has 2 aromatic carbocycles. The van der Waals surface area contributed by atoms with Crippen LogP contribution in [0, 0.1) is 0 Å². The van der Waals surface area contributed by atoms with Crippen molar-refractivity contribution in [1.82, 2.24) is 0 Å². The van der Waals surface area contributed by atoms with Crippen molar-refractivity contribution in [2.45, 2.75) is 25.9 Å². The van der Waals surface area contributed by atoms with E-state index in [4.69, 9.17) is 9.47 Å². The van der Waals surface area contributed by atoms with Gasteiger partial charge in [0.05, 0.1) is 7.11 Å². The molecule has 0 saturated carbocycles. The third-order valence-corrected chi connectivity index (χ3v) is 4.17. The molecule has 0 heterocycles. The second kappa shape index (κ2) is 8.34. The fourth-order valence-electron chi connectivity index (χ4n) is 2.54. The van der Waals surface area contributed by atoms with E-state index in [1.165, 1.54) is 7.11 Å². The molecule has 0 saturated heterocycles. The smallest absolute Gasteiger partial charge is 0.458 e. The van der Waals surface area contributed by atoms with Gasteiger partial charge in [-0.25, -0.2) is 9.59 Å². The van der Waals surface area contributed by atoms with Crippen molar-refractivity contribution in [2.75, 3.05) is 7.11 Å². The molecule has 0 aliphatic carbocycles. The normalized spacial score (nSPS) is 10.7. The summed E-state index contributed by atoms with van der Waals surface area (Å²) < 4.78 is 14.8. The Labute approximate surface area is 153 Å². The van der Waals surface area contributed by atoms with Crippen molar-refractivity contribution >= 4 is 12.1 Å². The number of rotatable bonds is 6. The standard InChI is InChI=1S/C21H22O5/c1-5-19(22)25-14-15-13-17(11-12-18(15)26-20(23)24-4)21(2,3)16-9-7-6-8-10-16/h5-13H,1,14H2,2-4H3. The van der Waals surface area contributed by atoms with Crippen molar-refractivity contribution in [3.8, 4) is 5.75 Å². The van der Waals surface area contributed by atoms with E-state index in [-0.39, 0.29) is 17.8 Å². The zero-order valence-corrected chi connectivity index (χ0v) is 15.2. The molecule has 0 N–H and O–H groups in total. The molecular formula is C21H22O5. The maximum Gasteiger partial charge on any atom is 0.513 e. The highest BCUT2D eigenvalue weighted by atomic mass is 16.7. The minimum absolute atomic E-state index is 0.0457. The summed E-state index contributed by atoms with van der Waals surface area (Å²) in [4.78, 5) is 22.9. The first-order valence-corrected chi connectivity index (χ1v) is 8.12. The Hall–Kier alpha value is -3.08. The van der Waals surface area contributed by atoms with Gasteiger partial charge in [0, 0.05) is 17.1 Å². The van der Waals surface area contributed by atoms with Gasteiger partial charge in [-0.15, -0.1) is 0 Å². The van der Waals surface area contributed by atoms with Crippen molar-refractivity contribution in [3.63, 3.8) is 0 Å². The van der Waals surface area contributed by atoms with Crippen molar-refractivity contribution in [1.29, 1.82) is 0 Å². The van der Waals surface area contributed by atoms with Crippen molar-refractivity contribution < 1.29 is 23.8 Å². The number of benzene rings is 2. The minimum Gasteiger partial charge on any atom is -0.458 e. The van der Waals surface area contributed by atoms with Gasteiger partial charge in [0.15, 0.2) is 0 Å². The summed E-state index contributed by atoms with van der Waals surface area (Å²) in [5, 5.41) is 0. The van der Waals surface area contributed by atoms with Crippen molar-refractivity contribution in [3.05, 3.63) is 77.9 Å². The monoisotopic (exact) mass is 354 g/mol. The van der Waals surface area contributed by atoms with Crippen LogP contribution in [0.5, 0.6) is 5.75 Å². The lowest BCUT2D eigenvalue weighted by Crippen LogP contribution is -2.19. The molecule has 0 spiro atoms. The van der Waals surface area contributed by atoms with E-state index in [0.29, 0.717) is 5.56 Å². The number of hydrogen-bond donors (Lipinski definition) is 0. The predicted octanol–water partition coefficient (Wildman–Crippen LogP) is 4.39. The van der Waals surface area contributed by atoms with Gasteiger partial charge in [0.25, 0.3) is 0 Å². The SMILES string of the molecule is C=CC(=O)OCc1cc(C(C)(C)c2ccccc2)ccc1OC(=O)OC. The molecule has 0 aliphatic rings. The Bertz CT molecular complexity index is 793. The zero-order valence-electron chi connectivity index (χ0n) is 15.2. The lowest BCUT2D eigenvalue weighted by molar-refractivity contribution is -0.138. The van der Waals surface area contributed by atoms with E-state index in [2.05, 4.69) is 37.3 Å². The highest BCUT2D eigenvalue weighted by molar-refractivity contribution is 5.81. The van der Waals surface area contributed by atoms with Crippen LogP contribution in [0.1, 0.15) is 30.5 Å². The van der Waals surface area contributed by atoms with Crippen LogP contribution in [0.15, 0.2) is 61.2 Å². The maximum absolute atomic E-state index is 11.5. The lowest BCUT2D eigenvalue weighted by Gasteiger charge is -2.27. The highest BCUT2D eigenvalue weighted by Gasteiger charge is 2.24. The molecule has 136 valence electrons. The Balaban J connectivity index is 2.40. The Morgan fingerprint density at radius 3 is 2.38 bits per heavy atom. The highest BCUT2D eigenvalue weighted by Crippen LogP contribution is 2.34. The number of methoxy groups -OCH3 is 1. The molecule has 0 aliphatic heterocycles. The van der Waals surface area contributed by atoms with E-state index in [1.807, 2.05) is 30.3 Å². The Morgan fingerprint density at radius 2 is 1.77 bits per heavy atom. The fraction of sp³-hybridized carbons (Fsp3) is 0.238. The van der Waals surface area contributed by atoms with Gasteiger partial charge >= 0.3 is 12.1 Å². The van der Waals surface area contributed by atoms with Crippen LogP contribution in [0.25, 0.3) is 0 Å². The summed E-state index contributed by atoms with van der Waals surface area (Å²) in [5.74, 6) is -0.275. The van der Waals surface area contributed by atoms with Gasteiger partial charge in [-0.05, 0) is 23.3 Å². The summed E-state index contributed by atoms with van der Waals surface area (Å²) >= 11 is 0. The third kappa shape index (κ3) is 4.51. The maximum atomic E-state index is 11.5.